The summed E-state index contributed by atoms with van der Waals surface area (Å²) < 4.78 is 37.7. The Bertz CT molecular complexity index is 630. The van der Waals surface area contributed by atoms with Crippen LogP contribution < -0.4 is 10.6 Å². The summed E-state index contributed by atoms with van der Waals surface area (Å²) in [5.74, 6) is 0. The summed E-state index contributed by atoms with van der Waals surface area (Å²) in [5, 5.41) is 6.32. The molecule has 2 aromatic rings. The summed E-state index contributed by atoms with van der Waals surface area (Å²) in [7, 11) is 0. The first kappa shape index (κ1) is 16.2. The van der Waals surface area contributed by atoms with Crippen LogP contribution in [0.5, 0.6) is 0 Å². The van der Waals surface area contributed by atoms with Gasteiger partial charge in [0.1, 0.15) is 5.01 Å². The predicted octanol–water partition coefficient (Wildman–Crippen LogP) is 3.83. The number of nitrogens with one attached hydrogen (secondary N) is 2. The minimum Gasteiger partial charge on any atom is -0.329 e. The first-order valence-electron chi connectivity index (χ1n) is 6.40. The molecule has 2 rings (SSSR count). The van der Waals surface area contributed by atoms with Crippen LogP contribution in [0.2, 0.25) is 0 Å². The zero-order chi connectivity index (χ0) is 16.2. The molecule has 2 N–H and O–H groups in total. The van der Waals surface area contributed by atoms with Crippen molar-refractivity contribution in [3.05, 3.63) is 40.6 Å². The van der Waals surface area contributed by atoms with Crippen LogP contribution in [0, 0.1) is 0 Å². The van der Waals surface area contributed by atoms with Gasteiger partial charge in [0.25, 0.3) is 0 Å². The first-order chi connectivity index (χ1) is 10.4. The minimum atomic E-state index is -4.48. The number of carbonyl (C=O) groups is 1. The lowest BCUT2D eigenvalue weighted by Gasteiger charge is -2.15. The molecule has 0 fully saturated rings. The van der Waals surface area contributed by atoms with Crippen LogP contribution in [0.3, 0.4) is 0 Å². The number of thiazole rings is 1. The van der Waals surface area contributed by atoms with Gasteiger partial charge in [0.05, 0.1) is 17.9 Å². The normalized spacial score (nSPS) is 12.7. The second kappa shape index (κ2) is 6.73. The molecule has 2 heterocycles. The van der Waals surface area contributed by atoms with E-state index < -0.39 is 23.9 Å². The van der Waals surface area contributed by atoms with E-state index in [0.717, 1.165) is 16.7 Å². The summed E-state index contributed by atoms with van der Waals surface area (Å²) in [5.41, 5.74) is -0.453. The largest absolute Gasteiger partial charge is 0.434 e. The highest BCUT2D eigenvalue weighted by Crippen LogP contribution is 2.32. The van der Waals surface area contributed by atoms with Gasteiger partial charge in [0.15, 0.2) is 5.69 Å². The van der Waals surface area contributed by atoms with Crippen LogP contribution in [0.15, 0.2) is 29.9 Å². The van der Waals surface area contributed by atoms with Crippen LogP contribution in [-0.4, -0.2) is 16.0 Å². The minimum absolute atomic E-state index is 0.219. The molecule has 0 aliphatic rings. The molecular weight excluding hydrogens is 317 g/mol. The van der Waals surface area contributed by atoms with Crippen LogP contribution in [0.1, 0.15) is 30.1 Å². The number of aromatic nitrogens is 2. The average molecular weight is 330 g/mol. The van der Waals surface area contributed by atoms with E-state index in [1.165, 1.54) is 6.20 Å². The van der Waals surface area contributed by atoms with Gasteiger partial charge in [-0.3, -0.25) is 4.98 Å². The topological polar surface area (TPSA) is 66.9 Å². The number of nitrogens with zero attached hydrogens (tertiary/aromatic N) is 2. The fourth-order valence-electron chi connectivity index (χ4n) is 1.68. The van der Waals surface area contributed by atoms with Crippen molar-refractivity contribution in [1.82, 2.24) is 15.3 Å². The molecule has 9 heteroatoms. The van der Waals surface area contributed by atoms with Gasteiger partial charge in [0, 0.05) is 11.6 Å². The van der Waals surface area contributed by atoms with Crippen molar-refractivity contribution < 1.29 is 18.0 Å². The van der Waals surface area contributed by atoms with E-state index in [4.69, 9.17) is 0 Å². The first-order valence-corrected chi connectivity index (χ1v) is 7.28. The van der Waals surface area contributed by atoms with Crippen LogP contribution in [0.4, 0.5) is 23.7 Å². The summed E-state index contributed by atoms with van der Waals surface area (Å²) in [6.45, 7) is 1.75. The van der Waals surface area contributed by atoms with Gasteiger partial charge in [-0.25, -0.2) is 9.78 Å². The molecule has 0 aromatic carbocycles. The zero-order valence-electron chi connectivity index (χ0n) is 11.5. The number of halogens is 3. The van der Waals surface area contributed by atoms with Gasteiger partial charge in [-0.1, -0.05) is 6.92 Å². The Morgan fingerprint density at radius 2 is 2.23 bits per heavy atom. The van der Waals surface area contributed by atoms with E-state index in [1.807, 2.05) is 0 Å². The van der Waals surface area contributed by atoms with Crippen molar-refractivity contribution in [2.24, 2.45) is 0 Å². The SMILES string of the molecule is CC[C@H](NC(=O)Nc1cccnc1)c1nc(C(F)(F)F)cs1. The third-order valence-corrected chi connectivity index (χ3v) is 3.70. The summed E-state index contributed by atoms with van der Waals surface area (Å²) in [4.78, 5) is 19.3. The number of anilines is 1. The fourth-order valence-corrected chi connectivity index (χ4v) is 2.64. The predicted molar refractivity (Wildman–Crippen MR) is 76.5 cm³/mol. The van der Waals surface area contributed by atoms with Gasteiger partial charge in [0.2, 0.25) is 0 Å². The lowest BCUT2D eigenvalue weighted by atomic mass is 10.2. The molecule has 0 aliphatic carbocycles. The zero-order valence-corrected chi connectivity index (χ0v) is 12.3. The fraction of sp³-hybridized carbons (Fsp3) is 0.308. The molecule has 2 amide bonds. The molecule has 22 heavy (non-hydrogen) atoms. The van der Waals surface area contributed by atoms with Gasteiger partial charge < -0.3 is 10.6 Å². The number of amides is 2. The van der Waals surface area contributed by atoms with E-state index >= 15 is 0 Å². The number of alkyl halides is 3. The van der Waals surface area contributed by atoms with E-state index in [1.54, 1.807) is 25.3 Å². The maximum atomic E-state index is 12.6. The second-order valence-electron chi connectivity index (χ2n) is 4.37. The maximum Gasteiger partial charge on any atom is 0.434 e. The summed E-state index contributed by atoms with van der Waals surface area (Å²) >= 11 is 0.871. The van der Waals surface area contributed by atoms with Crippen LogP contribution in [0.25, 0.3) is 0 Å². The number of pyridine rings is 1. The smallest absolute Gasteiger partial charge is 0.329 e. The summed E-state index contributed by atoms with van der Waals surface area (Å²) in [6, 6.07) is 2.20. The van der Waals surface area contributed by atoms with E-state index in [0.29, 0.717) is 12.1 Å². The van der Waals surface area contributed by atoms with Crippen LogP contribution in [-0.2, 0) is 6.18 Å². The molecule has 0 bridgehead atoms. The van der Waals surface area contributed by atoms with Crippen molar-refractivity contribution in [1.29, 1.82) is 0 Å². The molecule has 0 aliphatic heterocycles. The highest BCUT2D eigenvalue weighted by atomic mass is 32.1. The Morgan fingerprint density at radius 1 is 1.45 bits per heavy atom. The van der Waals surface area contributed by atoms with E-state index in [9.17, 15) is 18.0 Å². The molecule has 0 radical (unpaired) electrons. The second-order valence-corrected chi connectivity index (χ2v) is 5.26. The standard InChI is InChI=1S/C13H13F3N4OS/c1-2-9(11-20-10(7-22-11)13(14,15)16)19-12(21)18-8-4-3-5-17-6-8/h3-7,9H,2H2,1H3,(H2,18,19,21)/t9-/m0/s1. The molecule has 1 atom stereocenters. The number of carbonyl (C=O) groups excluding carboxylic acids is 1. The number of rotatable bonds is 4. The van der Waals surface area contributed by atoms with Crippen molar-refractivity contribution in [3.8, 4) is 0 Å². The molecular formula is C13H13F3N4OS. The molecule has 2 aromatic heterocycles. The third kappa shape index (κ3) is 4.17. The molecule has 118 valence electrons. The van der Waals surface area contributed by atoms with Crippen molar-refractivity contribution in [3.63, 3.8) is 0 Å². The third-order valence-electron chi connectivity index (χ3n) is 2.74. The number of urea groups is 1. The van der Waals surface area contributed by atoms with E-state index in [2.05, 4.69) is 20.6 Å². The maximum absolute atomic E-state index is 12.6. The quantitative estimate of drug-likeness (QED) is 0.895. The van der Waals surface area contributed by atoms with Crippen LogP contribution >= 0.6 is 11.3 Å². The lowest BCUT2D eigenvalue weighted by Crippen LogP contribution is -2.32. The van der Waals surface area contributed by atoms with Gasteiger partial charge >= 0.3 is 12.2 Å². The van der Waals surface area contributed by atoms with Crippen molar-refractivity contribution in [2.75, 3.05) is 5.32 Å². The van der Waals surface area contributed by atoms with E-state index in [-0.39, 0.29) is 5.01 Å². The molecule has 5 nitrogen and oxygen atoms in total. The highest BCUT2D eigenvalue weighted by molar-refractivity contribution is 7.09. The van der Waals surface area contributed by atoms with Gasteiger partial charge in [-0.05, 0) is 18.6 Å². The number of hydrogen-bond donors (Lipinski definition) is 2. The monoisotopic (exact) mass is 330 g/mol. The lowest BCUT2D eigenvalue weighted by molar-refractivity contribution is -0.140. The van der Waals surface area contributed by atoms with Gasteiger partial charge in [-0.2, -0.15) is 13.2 Å². The Hall–Kier alpha value is -2.16. The Balaban J connectivity index is 2.03. The Kier molecular flexibility index (Phi) is 4.96. The molecule has 0 saturated carbocycles. The van der Waals surface area contributed by atoms with Crippen molar-refractivity contribution in [2.45, 2.75) is 25.6 Å². The van der Waals surface area contributed by atoms with Gasteiger partial charge in [-0.15, -0.1) is 11.3 Å². The highest BCUT2D eigenvalue weighted by Gasteiger charge is 2.34. The number of hydrogen-bond acceptors (Lipinski definition) is 4. The van der Waals surface area contributed by atoms with Crippen molar-refractivity contribution >= 4 is 23.1 Å². The summed E-state index contributed by atoms with van der Waals surface area (Å²) in [6.07, 6.45) is -1.03. The molecule has 0 unspecified atom stereocenters. The molecule has 0 saturated heterocycles. The average Bonchev–Trinajstić information content (AvgIpc) is 2.95. The molecule has 0 spiro atoms. The Morgan fingerprint density at radius 3 is 2.77 bits per heavy atom. The Labute approximate surface area is 128 Å².